The fourth-order valence-electron chi connectivity index (χ4n) is 1.14. The predicted octanol–water partition coefficient (Wildman–Crippen LogP) is 0.0114. The van der Waals surface area contributed by atoms with Gasteiger partial charge in [-0.05, 0) is 0 Å². The molecule has 0 radical (unpaired) electrons. The quantitative estimate of drug-likeness (QED) is 0.631. The van der Waals surface area contributed by atoms with E-state index in [-0.39, 0.29) is 6.61 Å². The van der Waals surface area contributed by atoms with Crippen LogP contribution in [0.15, 0.2) is 0 Å². The fourth-order valence-corrected chi connectivity index (χ4v) is 2.50. The second-order valence-corrected chi connectivity index (χ2v) is 5.85. The maximum Gasteiger partial charge on any atom is 0.264 e. The molecule has 0 aromatic heterocycles. The molecule has 1 aliphatic heterocycles. The molecule has 1 fully saturated rings. The summed E-state index contributed by atoms with van der Waals surface area (Å²) in [5.41, 5.74) is 0. The zero-order valence-electron chi connectivity index (χ0n) is 7.73. The van der Waals surface area contributed by atoms with E-state index >= 15 is 0 Å². The van der Waals surface area contributed by atoms with Crippen molar-refractivity contribution in [1.29, 1.82) is 0 Å². The largest absolute Gasteiger partial charge is 0.299 e. The van der Waals surface area contributed by atoms with Crippen molar-refractivity contribution in [3.63, 3.8) is 0 Å². The highest BCUT2D eigenvalue weighted by Crippen LogP contribution is 2.08. The lowest BCUT2D eigenvalue weighted by molar-refractivity contribution is 0.227. The molecule has 0 spiro atoms. The van der Waals surface area contributed by atoms with Crippen molar-refractivity contribution in [2.45, 2.75) is 0 Å². The van der Waals surface area contributed by atoms with Gasteiger partial charge in [-0.15, -0.1) is 0 Å². The maximum atomic E-state index is 10.6. The molecule has 0 bridgehead atoms. The minimum atomic E-state index is -3.26. The lowest BCUT2D eigenvalue weighted by atomic mass is 10.5. The van der Waals surface area contributed by atoms with Crippen LogP contribution in [0.2, 0.25) is 0 Å². The third kappa shape index (κ3) is 5.51. The van der Waals surface area contributed by atoms with Crippen molar-refractivity contribution in [2.24, 2.45) is 0 Å². The van der Waals surface area contributed by atoms with Crippen LogP contribution in [0.5, 0.6) is 0 Å². The van der Waals surface area contributed by atoms with Crippen LogP contribution in [0.25, 0.3) is 0 Å². The van der Waals surface area contributed by atoms with Crippen molar-refractivity contribution in [3.05, 3.63) is 0 Å². The highest BCUT2D eigenvalue weighted by molar-refractivity contribution is 7.99. The molecule has 0 unspecified atom stereocenters. The molecule has 0 aromatic rings. The summed E-state index contributed by atoms with van der Waals surface area (Å²) in [6.07, 6.45) is 1.08. The Morgan fingerprint density at radius 2 is 2.00 bits per heavy atom. The van der Waals surface area contributed by atoms with Gasteiger partial charge in [0.05, 0.1) is 12.9 Å². The molecule has 4 nitrogen and oxygen atoms in total. The van der Waals surface area contributed by atoms with Crippen molar-refractivity contribution < 1.29 is 12.6 Å². The molecule has 78 valence electrons. The molecule has 1 saturated heterocycles. The van der Waals surface area contributed by atoms with Crippen molar-refractivity contribution in [1.82, 2.24) is 4.90 Å². The summed E-state index contributed by atoms with van der Waals surface area (Å²) < 4.78 is 25.9. The molecular weight excluding hydrogens is 210 g/mol. The summed E-state index contributed by atoms with van der Waals surface area (Å²) in [6, 6.07) is 0. The SMILES string of the molecule is CS(=O)(=O)OCCN1CCSCC1. The van der Waals surface area contributed by atoms with Crippen LogP contribution in [0.4, 0.5) is 0 Å². The van der Waals surface area contributed by atoms with E-state index in [4.69, 9.17) is 0 Å². The molecule has 13 heavy (non-hydrogen) atoms. The second-order valence-electron chi connectivity index (χ2n) is 2.98. The van der Waals surface area contributed by atoms with Crippen LogP contribution in [-0.4, -0.2) is 57.3 Å². The molecule has 1 heterocycles. The lowest BCUT2D eigenvalue weighted by Crippen LogP contribution is -2.35. The first kappa shape index (κ1) is 11.3. The Bertz CT molecular complexity index is 234. The second kappa shape index (κ2) is 5.19. The topological polar surface area (TPSA) is 46.6 Å². The van der Waals surface area contributed by atoms with Crippen molar-refractivity contribution in [3.8, 4) is 0 Å². The average molecular weight is 225 g/mol. The van der Waals surface area contributed by atoms with Crippen molar-refractivity contribution in [2.75, 3.05) is 44.0 Å². The molecular formula is C7H15NO3S2. The normalized spacial score (nSPS) is 20.4. The van der Waals surface area contributed by atoms with Gasteiger partial charge >= 0.3 is 0 Å². The summed E-state index contributed by atoms with van der Waals surface area (Å²) in [7, 11) is -3.26. The standard InChI is InChI=1S/C7H15NO3S2/c1-13(9,10)11-5-2-8-3-6-12-7-4-8/h2-7H2,1H3. The van der Waals surface area contributed by atoms with Gasteiger partial charge in [0.1, 0.15) is 0 Å². The molecule has 0 N–H and O–H groups in total. The molecule has 1 rings (SSSR count). The molecule has 6 heteroatoms. The molecule has 0 aromatic carbocycles. The zero-order valence-corrected chi connectivity index (χ0v) is 9.36. The fraction of sp³-hybridized carbons (Fsp3) is 1.00. The Morgan fingerprint density at radius 3 is 2.54 bits per heavy atom. The van der Waals surface area contributed by atoms with Gasteiger partial charge in [-0.1, -0.05) is 0 Å². The summed E-state index contributed by atoms with van der Waals surface area (Å²) >= 11 is 1.94. The van der Waals surface area contributed by atoms with Crippen LogP contribution in [-0.2, 0) is 14.3 Å². The smallest absolute Gasteiger partial charge is 0.264 e. The van der Waals surface area contributed by atoms with E-state index in [1.165, 1.54) is 0 Å². The van der Waals surface area contributed by atoms with Gasteiger partial charge in [0.2, 0.25) is 0 Å². The third-order valence-corrected chi connectivity index (χ3v) is 3.35. The van der Waals surface area contributed by atoms with E-state index in [2.05, 4.69) is 9.08 Å². The van der Waals surface area contributed by atoms with Gasteiger partial charge in [-0.25, -0.2) is 0 Å². The highest BCUT2D eigenvalue weighted by Gasteiger charge is 2.10. The number of hydrogen-bond donors (Lipinski definition) is 0. The summed E-state index contributed by atoms with van der Waals surface area (Å²) in [4.78, 5) is 2.22. The molecule has 0 atom stereocenters. The minimum Gasteiger partial charge on any atom is -0.299 e. The van der Waals surface area contributed by atoms with Crippen LogP contribution in [0.3, 0.4) is 0 Å². The number of nitrogens with zero attached hydrogens (tertiary/aromatic N) is 1. The lowest BCUT2D eigenvalue weighted by Gasteiger charge is -2.25. The highest BCUT2D eigenvalue weighted by atomic mass is 32.2. The maximum absolute atomic E-state index is 10.6. The monoisotopic (exact) mass is 225 g/mol. The first-order valence-electron chi connectivity index (χ1n) is 4.22. The van der Waals surface area contributed by atoms with Crippen LogP contribution in [0.1, 0.15) is 0 Å². The number of rotatable bonds is 4. The Kier molecular flexibility index (Phi) is 4.51. The van der Waals surface area contributed by atoms with E-state index < -0.39 is 10.1 Å². The summed E-state index contributed by atoms with van der Waals surface area (Å²) in [5, 5.41) is 0. The van der Waals surface area contributed by atoms with E-state index in [0.29, 0.717) is 6.54 Å². The number of hydrogen-bond acceptors (Lipinski definition) is 5. The van der Waals surface area contributed by atoms with E-state index in [9.17, 15) is 8.42 Å². The van der Waals surface area contributed by atoms with Crippen LogP contribution < -0.4 is 0 Å². The summed E-state index contributed by atoms with van der Waals surface area (Å²) in [5.74, 6) is 2.28. The Labute approximate surface area is 83.8 Å². The van der Waals surface area contributed by atoms with Gasteiger partial charge in [-0.3, -0.25) is 9.08 Å². The molecule has 0 saturated carbocycles. The molecule has 0 amide bonds. The predicted molar refractivity (Wildman–Crippen MR) is 54.6 cm³/mol. The summed E-state index contributed by atoms with van der Waals surface area (Å²) in [6.45, 7) is 3.08. The number of thioether (sulfide) groups is 1. The zero-order chi connectivity index (χ0) is 9.73. The van der Waals surface area contributed by atoms with E-state index in [1.807, 2.05) is 11.8 Å². The average Bonchev–Trinajstić information content (AvgIpc) is 2.04. The van der Waals surface area contributed by atoms with Gasteiger partial charge in [0, 0.05) is 31.1 Å². The third-order valence-electron chi connectivity index (χ3n) is 1.81. The minimum absolute atomic E-state index is 0.281. The van der Waals surface area contributed by atoms with Crippen LogP contribution >= 0.6 is 11.8 Å². The van der Waals surface area contributed by atoms with Crippen molar-refractivity contribution >= 4 is 21.9 Å². The molecule has 1 aliphatic rings. The van der Waals surface area contributed by atoms with Gasteiger partial charge < -0.3 is 0 Å². The van der Waals surface area contributed by atoms with E-state index in [0.717, 1.165) is 30.9 Å². The Balaban J connectivity index is 2.11. The first-order chi connectivity index (χ1) is 6.08. The van der Waals surface area contributed by atoms with E-state index in [1.54, 1.807) is 0 Å². The Hall–Kier alpha value is 0.220. The van der Waals surface area contributed by atoms with Crippen LogP contribution in [0, 0.1) is 0 Å². The van der Waals surface area contributed by atoms with Gasteiger partial charge in [-0.2, -0.15) is 20.2 Å². The van der Waals surface area contributed by atoms with Gasteiger partial charge in [0.25, 0.3) is 10.1 Å². The van der Waals surface area contributed by atoms with Gasteiger partial charge in [0.15, 0.2) is 0 Å². The first-order valence-corrected chi connectivity index (χ1v) is 7.19. The Morgan fingerprint density at radius 1 is 1.38 bits per heavy atom. The molecule has 0 aliphatic carbocycles.